The number of hydrogen-bond donors (Lipinski definition) is 1. The van der Waals surface area contributed by atoms with Crippen molar-refractivity contribution in [3.8, 4) is 10.4 Å². The third-order valence-electron chi connectivity index (χ3n) is 7.13. The second kappa shape index (κ2) is 9.68. The van der Waals surface area contributed by atoms with E-state index in [-0.39, 0.29) is 17.7 Å². The average molecular weight is 480 g/mol. The first-order valence-electron chi connectivity index (χ1n) is 11.7. The van der Waals surface area contributed by atoms with E-state index in [9.17, 15) is 14.0 Å². The van der Waals surface area contributed by atoms with Crippen LogP contribution < -0.4 is 5.32 Å². The Morgan fingerprint density at radius 2 is 1.85 bits per heavy atom. The molecule has 0 saturated carbocycles. The molecule has 1 atom stereocenters. The molecule has 5 nitrogen and oxygen atoms in total. The maximum Gasteiger partial charge on any atom is 0.407 e. The highest BCUT2D eigenvalue weighted by atomic mass is 32.1. The fourth-order valence-corrected chi connectivity index (χ4v) is 6.22. The van der Waals surface area contributed by atoms with Gasteiger partial charge < -0.3 is 14.5 Å². The van der Waals surface area contributed by atoms with Crippen LogP contribution in [0.2, 0.25) is 0 Å². The van der Waals surface area contributed by atoms with Crippen LogP contribution in [0, 0.1) is 11.7 Å². The van der Waals surface area contributed by atoms with Gasteiger partial charge in [0.25, 0.3) is 0 Å². The van der Waals surface area contributed by atoms with E-state index >= 15 is 0 Å². The van der Waals surface area contributed by atoms with Crippen LogP contribution in [0.4, 0.5) is 9.18 Å². The van der Waals surface area contributed by atoms with Crippen LogP contribution in [-0.4, -0.2) is 48.6 Å². The standard InChI is InChI=1S/C27H27FN2O3S/c28-23-8-4-7-21(15-23)26-22(11-14-34-26)16-29-27(32)33-25-18-30(12-9-20(25)10-13-30)17-24(31)19-5-2-1-3-6-19/h1-8,11,14-15,20,25H,9-10,12-13,16-18H2/p+1. The van der Waals surface area contributed by atoms with Crippen molar-refractivity contribution in [3.63, 3.8) is 0 Å². The van der Waals surface area contributed by atoms with Gasteiger partial charge >= 0.3 is 6.09 Å². The summed E-state index contributed by atoms with van der Waals surface area (Å²) in [7, 11) is 0. The SMILES string of the molecule is O=C(NCc1ccsc1-c1cccc(F)c1)OC1C[N+]2(CC(=O)c3ccccc3)CCC1CC2. The number of benzene rings is 2. The highest BCUT2D eigenvalue weighted by molar-refractivity contribution is 7.13. The first kappa shape index (κ1) is 22.7. The Labute approximate surface area is 202 Å². The molecule has 34 heavy (non-hydrogen) atoms. The minimum atomic E-state index is -0.442. The Morgan fingerprint density at radius 3 is 2.62 bits per heavy atom. The summed E-state index contributed by atoms with van der Waals surface area (Å²) in [5.74, 6) is 0.211. The maximum atomic E-state index is 13.6. The molecular weight excluding hydrogens is 451 g/mol. The normalized spacial score (nSPS) is 23.4. The lowest BCUT2D eigenvalue weighted by Gasteiger charge is -2.51. The lowest BCUT2D eigenvalue weighted by Crippen LogP contribution is -2.66. The molecule has 3 aliphatic heterocycles. The number of thiophene rings is 1. The number of nitrogens with zero attached hydrogens (tertiary/aromatic N) is 1. The summed E-state index contributed by atoms with van der Waals surface area (Å²) in [6.45, 7) is 3.36. The number of piperidine rings is 3. The first-order valence-corrected chi connectivity index (χ1v) is 12.6. The smallest absolute Gasteiger partial charge is 0.407 e. The fraction of sp³-hybridized carbons (Fsp3) is 0.333. The number of nitrogens with one attached hydrogen (secondary N) is 1. The lowest BCUT2D eigenvalue weighted by atomic mass is 9.83. The Morgan fingerprint density at radius 1 is 1.06 bits per heavy atom. The van der Waals surface area contributed by atoms with Gasteiger partial charge in [0.2, 0.25) is 5.78 Å². The number of alkyl carbamates (subject to hydrolysis) is 1. The summed E-state index contributed by atoms with van der Waals surface area (Å²) in [6, 6.07) is 17.8. The molecule has 7 heteroatoms. The number of quaternary nitrogens is 1. The number of amides is 1. The Bertz CT molecular complexity index is 1170. The van der Waals surface area contributed by atoms with Crippen molar-refractivity contribution in [2.24, 2.45) is 5.92 Å². The first-order chi connectivity index (χ1) is 16.5. The van der Waals surface area contributed by atoms with E-state index in [0.717, 1.165) is 47.5 Å². The third kappa shape index (κ3) is 4.91. The van der Waals surface area contributed by atoms with Crippen LogP contribution in [0.25, 0.3) is 10.4 Å². The minimum Gasteiger partial charge on any atom is -0.440 e. The van der Waals surface area contributed by atoms with Crippen LogP contribution in [0.15, 0.2) is 66.0 Å². The van der Waals surface area contributed by atoms with Crippen LogP contribution in [0.1, 0.15) is 28.8 Å². The van der Waals surface area contributed by atoms with Gasteiger partial charge in [-0.1, -0.05) is 42.5 Å². The lowest BCUT2D eigenvalue weighted by molar-refractivity contribution is -0.938. The van der Waals surface area contributed by atoms with Gasteiger partial charge in [0.15, 0.2) is 6.10 Å². The van der Waals surface area contributed by atoms with Crippen molar-refractivity contribution in [2.45, 2.75) is 25.5 Å². The van der Waals surface area contributed by atoms with Crippen molar-refractivity contribution in [2.75, 3.05) is 26.2 Å². The molecular formula is C27H28FN2O3S+. The van der Waals surface area contributed by atoms with E-state index in [0.29, 0.717) is 30.0 Å². The number of Topliss-reactive ketones (excluding diaryl/α,β-unsaturated/α-hetero) is 1. The molecule has 3 saturated heterocycles. The Hall–Kier alpha value is -3.03. The second-order valence-electron chi connectivity index (χ2n) is 9.34. The summed E-state index contributed by atoms with van der Waals surface area (Å²) < 4.78 is 20.2. The zero-order valence-corrected chi connectivity index (χ0v) is 19.7. The van der Waals surface area contributed by atoms with Gasteiger partial charge in [-0.2, -0.15) is 0 Å². The number of rotatable bonds is 7. The van der Waals surface area contributed by atoms with Gasteiger partial charge in [-0.25, -0.2) is 9.18 Å². The molecule has 6 rings (SSSR count). The number of hydrogen-bond acceptors (Lipinski definition) is 4. The number of halogens is 1. The minimum absolute atomic E-state index is 0.145. The van der Waals surface area contributed by atoms with Gasteiger partial charge in [0.05, 0.1) is 13.1 Å². The molecule has 4 heterocycles. The van der Waals surface area contributed by atoms with Gasteiger partial charge in [0, 0.05) is 35.7 Å². The summed E-state index contributed by atoms with van der Waals surface area (Å²) in [6.07, 6.45) is 1.31. The van der Waals surface area contributed by atoms with Crippen molar-refractivity contribution in [1.29, 1.82) is 0 Å². The zero-order valence-electron chi connectivity index (χ0n) is 18.9. The molecule has 1 aromatic heterocycles. The number of fused-ring (bicyclic) bond motifs is 3. The van der Waals surface area contributed by atoms with Crippen molar-refractivity contribution < 1.29 is 23.2 Å². The van der Waals surface area contributed by atoms with Crippen LogP contribution in [-0.2, 0) is 11.3 Å². The van der Waals surface area contributed by atoms with Gasteiger partial charge in [-0.15, -0.1) is 11.3 Å². The molecule has 1 N–H and O–H groups in total. The summed E-state index contributed by atoms with van der Waals surface area (Å²) in [5.41, 5.74) is 2.47. The molecule has 3 aromatic rings. The molecule has 3 fully saturated rings. The number of ether oxygens (including phenoxy) is 1. The molecule has 1 amide bonds. The molecule has 1 unspecified atom stereocenters. The summed E-state index contributed by atoms with van der Waals surface area (Å²) in [5, 5.41) is 4.81. The summed E-state index contributed by atoms with van der Waals surface area (Å²) >= 11 is 1.52. The quantitative estimate of drug-likeness (QED) is 0.371. The molecule has 2 bridgehead atoms. The van der Waals surface area contributed by atoms with E-state index in [1.165, 1.54) is 23.5 Å². The monoisotopic (exact) mass is 479 g/mol. The number of carbonyl (C=O) groups excluding carboxylic acids is 2. The fourth-order valence-electron chi connectivity index (χ4n) is 5.30. The molecule has 0 radical (unpaired) electrons. The predicted molar refractivity (Wildman–Crippen MR) is 130 cm³/mol. The average Bonchev–Trinajstić information content (AvgIpc) is 3.32. The van der Waals surface area contributed by atoms with E-state index in [2.05, 4.69) is 5.32 Å². The van der Waals surface area contributed by atoms with E-state index in [1.807, 2.05) is 47.8 Å². The largest absolute Gasteiger partial charge is 0.440 e. The number of carbonyl (C=O) groups is 2. The highest BCUT2D eigenvalue weighted by Crippen LogP contribution is 2.36. The number of ketones is 1. The van der Waals surface area contributed by atoms with Gasteiger partial charge in [0.1, 0.15) is 18.9 Å². The second-order valence-corrected chi connectivity index (χ2v) is 10.3. The maximum absolute atomic E-state index is 13.6. The van der Waals surface area contributed by atoms with E-state index < -0.39 is 6.09 Å². The molecule has 2 aromatic carbocycles. The third-order valence-corrected chi connectivity index (χ3v) is 8.14. The molecule has 176 valence electrons. The van der Waals surface area contributed by atoms with Crippen LogP contribution in [0.5, 0.6) is 0 Å². The Kier molecular flexibility index (Phi) is 6.48. The van der Waals surface area contributed by atoms with Crippen molar-refractivity contribution >= 4 is 23.2 Å². The molecule has 0 spiro atoms. The Balaban J connectivity index is 1.19. The van der Waals surface area contributed by atoms with Crippen LogP contribution in [0.3, 0.4) is 0 Å². The van der Waals surface area contributed by atoms with E-state index in [4.69, 9.17) is 4.74 Å². The highest BCUT2D eigenvalue weighted by Gasteiger charge is 2.48. The van der Waals surface area contributed by atoms with Crippen LogP contribution >= 0.6 is 11.3 Å². The molecule has 3 aliphatic rings. The van der Waals surface area contributed by atoms with Crippen molar-refractivity contribution in [3.05, 3.63) is 83.0 Å². The van der Waals surface area contributed by atoms with Gasteiger partial charge in [-0.05, 0) is 34.7 Å². The van der Waals surface area contributed by atoms with E-state index in [1.54, 1.807) is 6.07 Å². The van der Waals surface area contributed by atoms with Crippen molar-refractivity contribution in [1.82, 2.24) is 5.32 Å². The summed E-state index contributed by atoms with van der Waals surface area (Å²) in [4.78, 5) is 26.5. The predicted octanol–water partition coefficient (Wildman–Crippen LogP) is 5.27. The van der Waals surface area contributed by atoms with Gasteiger partial charge in [-0.3, -0.25) is 4.79 Å². The molecule has 0 aliphatic carbocycles. The zero-order chi connectivity index (χ0) is 23.5. The topological polar surface area (TPSA) is 55.4 Å².